The van der Waals surface area contributed by atoms with Crippen LogP contribution in [0.2, 0.25) is 0 Å². The van der Waals surface area contributed by atoms with Crippen molar-refractivity contribution in [3.05, 3.63) is 23.7 Å². The quantitative estimate of drug-likeness (QED) is 0.691. The van der Waals surface area contributed by atoms with Gasteiger partial charge in [-0.05, 0) is 44.0 Å². The van der Waals surface area contributed by atoms with E-state index in [-0.39, 0.29) is 6.29 Å². The molecule has 0 bridgehead atoms. The summed E-state index contributed by atoms with van der Waals surface area (Å²) >= 11 is 1.61. The zero-order chi connectivity index (χ0) is 17.6. The Hall–Kier alpha value is -1.70. The predicted molar refractivity (Wildman–Crippen MR) is 105 cm³/mol. The molecule has 3 N–H and O–H groups in total. The molecule has 2 aliphatic rings. The fraction of sp³-hybridized carbons (Fsp3) is 0.579. The SMILES string of the molecule is c1cnc(OCCC2CCCC2)c(-c2csc(NC3NCCCN3)n2)c1. The Balaban J connectivity index is 1.39. The van der Waals surface area contributed by atoms with Crippen molar-refractivity contribution in [2.75, 3.05) is 25.0 Å². The van der Waals surface area contributed by atoms with E-state index in [2.05, 4.69) is 26.3 Å². The lowest BCUT2D eigenvalue weighted by molar-refractivity contribution is 0.271. The van der Waals surface area contributed by atoms with Crippen LogP contribution < -0.4 is 20.7 Å². The van der Waals surface area contributed by atoms with Crippen LogP contribution in [0.25, 0.3) is 11.3 Å². The molecule has 2 aromatic heterocycles. The van der Waals surface area contributed by atoms with E-state index in [0.29, 0.717) is 5.88 Å². The average molecular weight is 374 g/mol. The van der Waals surface area contributed by atoms with Crippen LogP contribution in [-0.4, -0.2) is 36.0 Å². The van der Waals surface area contributed by atoms with E-state index in [1.807, 2.05) is 12.1 Å². The maximum atomic E-state index is 6.02. The van der Waals surface area contributed by atoms with Gasteiger partial charge in [0.1, 0.15) is 6.29 Å². The van der Waals surface area contributed by atoms with Gasteiger partial charge in [-0.2, -0.15) is 0 Å². The molecule has 0 spiro atoms. The summed E-state index contributed by atoms with van der Waals surface area (Å²) in [5.41, 5.74) is 1.88. The fourth-order valence-electron chi connectivity index (χ4n) is 3.66. The molecule has 0 radical (unpaired) electrons. The van der Waals surface area contributed by atoms with Crippen molar-refractivity contribution >= 4 is 16.5 Å². The molecule has 1 saturated carbocycles. The number of anilines is 1. The first-order valence-electron chi connectivity index (χ1n) is 9.65. The Morgan fingerprint density at radius 2 is 2.04 bits per heavy atom. The van der Waals surface area contributed by atoms with Gasteiger partial charge in [0.05, 0.1) is 17.9 Å². The molecule has 1 saturated heterocycles. The minimum absolute atomic E-state index is 0.0822. The van der Waals surface area contributed by atoms with E-state index < -0.39 is 0 Å². The molecule has 0 aromatic carbocycles. The van der Waals surface area contributed by atoms with Crippen LogP contribution in [0.3, 0.4) is 0 Å². The maximum Gasteiger partial charge on any atom is 0.222 e. The number of rotatable bonds is 7. The highest BCUT2D eigenvalue weighted by Crippen LogP contribution is 2.32. The average Bonchev–Trinajstić information content (AvgIpc) is 3.35. The first-order chi connectivity index (χ1) is 12.9. The van der Waals surface area contributed by atoms with Gasteiger partial charge in [0, 0.05) is 11.6 Å². The second kappa shape index (κ2) is 8.79. The van der Waals surface area contributed by atoms with Gasteiger partial charge in [-0.1, -0.05) is 25.7 Å². The molecule has 2 fully saturated rings. The summed E-state index contributed by atoms with van der Waals surface area (Å²) < 4.78 is 6.02. The molecule has 3 heterocycles. The van der Waals surface area contributed by atoms with E-state index in [1.54, 1.807) is 17.5 Å². The number of hydrogen-bond acceptors (Lipinski definition) is 7. The molecule has 6 nitrogen and oxygen atoms in total. The molecule has 4 rings (SSSR count). The second-order valence-corrected chi connectivity index (χ2v) is 7.88. The van der Waals surface area contributed by atoms with Crippen LogP contribution in [0.5, 0.6) is 5.88 Å². The molecule has 0 amide bonds. The van der Waals surface area contributed by atoms with Gasteiger partial charge in [0.15, 0.2) is 5.13 Å². The highest BCUT2D eigenvalue weighted by Gasteiger charge is 2.17. The Kier molecular flexibility index (Phi) is 5.99. The Morgan fingerprint density at radius 3 is 2.88 bits per heavy atom. The van der Waals surface area contributed by atoms with E-state index in [4.69, 9.17) is 9.72 Å². The smallest absolute Gasteiger partial charge is 0.222 e. The van der Waals surface area contributed by atoms with Crippen molar-refractivity contribution in [2.24, 2.45) is 5.92 Å². The lowest BCUT2D eigenvalue weighted by atomic mass is 10.1. The van der Waals surface area contributed by atoms with Crippen LogP contribution in [0, 0.1) is 5.92 Å². The summed E-state index contributed by atoms with van der Waals surface area (Å²) in [6.45, 7) is 2.77. The van der Waals surface area contributed by atoms with Crippen LogP contribution in [0.1, 0.15) is 38.5 Å². The van der Waals surface area contributed by atoms with Gasteiger partial charge in [-0.3, -0.25) is 10.6 Å². The highest BCUT2D eigenvalue weighted by atomic mass is 32.1. The van der Waals surface area contributed by atoms with Crippen LogP contribution in [0.15, 0.2) is 23.7 Å². The summed E-state index contributed by atoms with van der Waals surface area (Å²) in [5, 5.41) is 13.1. The van der Waals surface area contributed by atoms with Gasteiger partial charge in [-0.15, -0.1) is 11.3 Å². The summed E-state index contributed by atoms with van der Waals surface area (Å²) in [6.07, 6.45) is 9.59. The molecule has 1 aliphatic carbocycles. The number of thiazole rings is 1. The third-order valence-corrected chi connectivity index (χ3v) is 5.88. The number of aromatic nitrogens is 2. The number of nitrogens with zero attached hydrogens (tertiary/aromatic N) is 2. The van der Waals surface area contributed by atoms with Crippen LogP contribution in [0.4, 0.5) is 5.13 Å². The van der Waals surface area contributed by atoms with Gasteiger partial charge in [0.2, 0.25) is 5.88 Å². The molecular formula is C19H27N5OS. The first kappa shape index (κ1) is 17.7. The van der Waals surface area contributed by atoms with E-state index in [1.165, 1.54) is 25.7 Å². The van der Waals surface area contributed by atoms with Crippen molar-refractivity contribution in [3.8, 4) is 17.1 Å². The standard InChI is InChI=1S/C19H27N5OS/c1-2-6-14(5-1)8-12-25-17-15(7-3-9-20-17)16-13-26-19(23-16)24-18-21-10-4-11-22-18/h3,7,9,13-14,18,21-22H,1-2,4-6,8,10-12H2,(H,23,24). The normalized spacial score (nSPS) is 18.9. The minimum Gasteiger partial charge on any atom is -0.477 e. The molecule has 26 heavy (non-hydrogen) atoms. The Labute approximate surface area is 158 Å². The van der Waals surface area contributed by atoms with Crippen molar-refractivity contribution in [1.29, 1.82) is 0 Å². The number of nitrogens with one attached hydrogen (secondary N) is 3. The van der Waals surface area contributed by atoms with Crippen molar-refractivity contribution < 1.29 is 4.74 Å². The van der Waals surface area contributed by atoms with Gasteiger partial charge < -0.3 is 10.1 Å². The van der Waals surface area contributed by atoms with Crippen molar-refractivity contribution in [3.63, 3.8) is 0 Å². The second-order valence-electron chi connectivity index (χ2n) is 7.02. The first-order valence-corrected chi connectivity index (χ1v) is 10.5. The molecule has 1 aliphatic heterocycles. The highest BCUT2D eigenvalue weighted by molar-refractivity contribution is 7.14. The molecule has 7 heteroatoms. The maximum absolute atomic E-state index is 6.02. The number of pyridine rings is 1. The zero-order valence-electron chi connectivity index (χ0n) is 15.0. The van der Waals surface area contributed by atoms with Gasteiger partial charge in [-0.25, -0.2) is 9.97 Å². The largest absolute Gasteiger partial charge is 0.477 e. The fourth-order valence-corrected chi connectivity index (χ4v) is 4.40. The van der Waals surface area contributed by atoms with E-state index in [0.717, 1.165) is 54.8 Å². The molecule has 0 atom stereocenters. The Bertz CT molecular complexity index is 695. The van der Waals surface area contributed by atoms with Crippen molar-refractivity contribution in [1.82, 2.24) is 20.6 Å². The lowest BCUT2D eigenvalue weighted by Crippen LogP contribution is -2.52. The monoisotopic (exact) mass is 373 g/mol. The summed E-state index contributed by atoms with van der Waals surface area (Å²) in [5.74, 6) is 1.52. The van der Waals surface area contributed by atoms with Gasteiger partial charge in [0.25, 0.3) is 0 Å². The number of hydrogen-bond donors (Lipinski definition) is 3. The zero-order valence-corrected chi connectivity index (χ0v) is 15.9. The van der Waals surface area contributed by atoms with E-state index in [9.17, 15) is 0 Å². The topological polar surface area (TPSA) is 71.1 Å². The summed E-state index contributed by atoms with van der Waals surface area (Å²) in [7, 11) is 0. The summed E-state index contributed by atoms with van der Waals surface area (Å²) in [6, 6.07) is 3.98. The molecule has 2 aromatic rings. The van der Waals surface area contributed by atoms with E-state index >= 15 is 0 Å². The third-order valence-electron chi connectivity index (χ3n) is 5.11. The summed E-state index contributed by atoms with van der Waals surface area (Å²) in [4.78, 5) is 9.17. The molecule has 140 valence electrons. The van der Waals surface area contributed by atoms with Crippen LogP contribution in [-0.2, 0) is 0 Å². The number of ether oxygens (including phenoxy) is 1. The van der Waals surface area contributed by atoms with Crippen molar-refractivity contribution in [2.45, 2.75) is 44.8 Å². The molecular weight excluding hydrogens is 346 g/mol. The third kappa shape index (κ3) is 4.52. The van der Waals surface area contributed by atoms with Gasteiger partial charge >= 0.3 is 0 Å². The Morgan fingerprint density at radius 1 is 1.19 bits per heavy atom. The minimum atomic E-state index is 0.0822. The van der Waals surface area contributed by atoms with Crippen LogP contribution >= 0.6 is 11.3 Å². The lowest BCUT2D eigenvalue weighted by Gasteiger charge is -2.25. The predicted octanol–water partition coefficient (Wildman–Crippen LogP) is 3.44. The molecule has 0 unspecified atom stereocenters.